The Balaban J connectivity index is 1.53. The molecule has 0 saturated heterocycles. The number of carbonyl (C=O) groups excluding carboxylic acids is 3. The van der Waals surface area contributed by atoms with Gasteiger partial charge in [0.1, 0.15) is 16.2 Å². The van der Waals surface area contributed by atoms with Gasteiger partial charge in [-0.25, -0.2) is 9.97 Å². The molecule has 3 aromatic rings. The standard InChI is InChI=1S/C19H17N3O4S2/c1-11(23)13-4-3-5-14(8-13)22-17(25)12(2)26-16(24)9-28-19-15-6-7-27-18(15)20-10-21-19/h3-8,10,12H,9H2,1-2H3,(H,22,25)/t12-/m0/s1. The van der Waals surface area contributed by atoms with Crippen molar-refractivity contribution in [1.29, 1.82) is 0 Å². The van der Waals surface area contributed by atoms with Crippen molar-refractivity contribution in [1.82, 2.24) is 9.97 Å². The molecule has 0 saturated carbocycles. The van der Waals surface area contributed by atoms with Crippen LogP contribution in [0.5, 0.6) is 0 Å². The predicted molar refractivity (Wildman–Crippen MR) is 109 cm³/mol. The zero-order chi connectivity index (χ0) is 20.1. The van der Waals surface area contributed by atoms with Crippen LogP contribution in [0.15, 0.2) is 47.1 Å². The van der Waals surface area contributed by atoms with Crippen molar-refractivity contribution in [2.24, 2.45) is 0 Å². The second-order valence-corrected chi connectivity index (χ2v) is 7.72. The molecule has 1 amide bonds. The third-order valence-corrected chi connectivity index (χ3v) is 5.57. The molecule has 1 N–H and O–H groups in total. The van der Waals surface area contributed by atoms with Crippen LogP contribution in [-0.2, 0) is 14.3 Å². The SMILES string of the molecule is CC(=O)c1cccc(NC(=O)[C@H](C)OC(=O)CSc2ncnc3sccc23)c1. The number of aromatic nitrogens is 2. The van der Waals surface area contributed by atoms with Gasteiger partial charge < -0.3 is 10.1 Å². The number of hydrogen-bond acceptors (Lipinski definition) is 8. The molecule has 0 aliphatic rings. The van der Waals surface area contributed by atoms with Gasteiger partial charge in [-0.05, 0) is 37.4 Å². The number of carbonyl (C=O) groups is 3. The molecular weight excluding hydrogens is 398 g/mol. The second-order valence-electron chi connectivity index (χ2n) is 5.87. The van der Waals surface area contributed by atoms with Crippen LogP contribution < -0.4 is 5.32 Å². The van der Waals surface area contributed by atoms with Gasteiger partial charge in [-0.15, -0.1) is 11.3 Å². The van der Waals surface area contributed by atoms with Crippen molar-refractivity contribution in [2.45, 2.75) is 25.0 Å². The lowest BCUT2D eigenvalue weighted by Gasteiger charge is -2.13. The summed E-state index contributed by atoms with van der Waals surface area (Å²) in [4.78, 5) is 45.0. The highest BCUT2D eigenvalue weighted by Gasteiger charge is 2.19. The van der Waals surface area contributed by atoms with Crippen molar-refractivity contribution in [3.05, 3.63) is 47.6 Å². The minimum absolute atomic E-state index is 0.0272. The van der Waals surface area contributed by atoms with Gasteiger partial charge in [0.25, 0.3) is 5.91 Å². The highest BCUT2D eigenvalue weighted by atomic mass is 32.2. The maximum Gasteiger partial charge on any atom is 0.317 e. The first-order valence-electron chi connectivity index (χ1n) is 8.36. The van der Waals surface area contributed by atoms with Crippen LogP contribution in [0.2, 0.25) is 0 Å². The fraction of sp³-hybridized carbons (Fsp3) is 0.211. The number of esters is 1. The quantitative estimate of drug-likeness (QED) is 0.273. The summed E-state index contributed by atoms with van der Waals surface area (Å²) in [5.74, 6) is -1.06. The van der Waals surface area contributed by atoms with Crippen LogP contribution >= 0.6 is 23.1 Å². The number of ketones is 1. The number of hydrogen-bond donors (Lipinski definition) is 1. The fourth-order valence-electron chi connectivity index (χ4n) is 2.35. The van der Waals surface area contributed by atoms with Crippen molar-refractivity contribution in [2.75, 3.05) is 11.1 Å². The maximum absolute atomic E-state index is 12.2. The molecule has 28 heavy (non-hydrogen) atoms. The molecule has 0 fully saturated rings. The van der Waals surface area contributed by atoms with E-state index in [9.17, 15) is 14.4 Å². The molecule has 1 aromatic carbocycles. The van der Waals surface area contributed by atoms with E-state index >= 15 is 0 Å². The predicted octanol–water partition coefficient (Wildman–Crippen LogP) is 3.56. The van der Waals surface area contributed by atoms with Gasteiger partial charge in [0.15, 0.2) is 11.9 Å². The zero-order valence-corrected chi connectivity index (χ0v) is 16.8. The van der Waals surface area contributed by atoms with Gasteiger partial charge in [0, 0.05) is 16.6 Å². The Bertz CT molecular complexity index is 1030. The van der Waals surface area contributed by atoms with E-state index in [1.807, 2.05) is 11.4 Å². The Kier molecular flexibility index (Phi) is 6.37. The average Bonchev–Trinajstić information content (AvgIpc) is 3.15. The van der Waals surface area contributed by atoms with Gasteiger partial charge in [0.2, 0.25) is 0 Å². The molecule has 3 rings (SSSR count). The summed E-state index contributed by atoms with van der Waals surface area (Å²) in [5, 5.41) is 6.14. The number of thiophene rings is 1. The minimum atomic E-state index is -0.972. The van der Waals surface area contributed by atoms with E-state index in [1.54, 1.807) is 24.3 Å². The zero-order valence-electron chi connectivity index (χ0n) is 15.2. The lowest BCUT2D eigenvalue weighted by atomic mass is 10.1. The van der Waals surface area contributed by atoms with E-state index in [-0.39, 0.29) is 11.5 Å². The van der Waals surface area contributed by atoms with Crippen LogP contribution in [0, 0.1) is 0 Å². The molecule has 0 radical (unpaired) electrons. The highest BCUT2D eigenvalue weighted by Crippen LogP contribution is 2.27. The Morgan fingerprint density at radius 3 is 2.86 bits per heavy atom. The summed E-state index contributed by atoms with van der Waals surface area (Å²) in [7, 11) is 0. The summed E-state index contributed by atoms with van der Waals surface area (Å²) in [6, 6.07) is 8.48. The molecule has 2 aromatic heterocycles. The summed E-state index contributed by atoms with van der Waals surface area (Å²) in [6.45, 7) is 2.94. The van der Waals surface area contributed by atoms with Gasteiger partial charge in [-0.1, -0.05) is 23.9 Å². The van der Waals surface area contributed by atoms with Gasteiger partial charge in [-0.2, -0.15) is 0 Å². The minimum Gasteiger partial charge on any atom is -0.452 e. The lowest BCUT2D eigenvalue weighted by Crippen LogP contribution is -2.30. The molecule has 0 unspecified atom stereocenters. The van der Waals surface area contributed by atoms with E-state index in [2.05, 4.69) is 15.3 Å². The summed E-state index contributed by atoms with van der Waals surface area (Å²) in [5.41, 5.74) is 0.958. The van der Waals surface area contributed by atoms with E-state index in [1.165, 1.54) is 43.3 Å². The third-order valence-electron chi connectivity index (χ3n) is 3.77. The topological polar surface area (TPSA) is 98.2 Å². The van der Waals surface area contributed by atoms with Crippen LogP contribution in [0.1, 0.15) is 24.2 Å². The average molecular weight is 415 g/mol. The van der Waals surface area contributed by atoms with E-state index in [0.717, 1.165) is 10.2 Å². The second kappa shape index (κ2) is 8.94. The first kappa shape index (κ1) is 20.0. The number of amides is 1. The van der Waals surface area contributed by atoms with Crippen molar-refractivity contribution >= 4 is 56.7 Å². The Morgan fingerprint density at radius 1 is 1.25 bits per heavy atom. The smallest absolute Gasteiger partial charge is 0.317 e. The van der Waals surface area contributed by atoms with E-state index in [4.69, 9.17) is 4.74 Å². The summed E-state index contributed by atoms with van der Waals surface area (Å²) in [6.07, 6.45) is 0.484. The van der Waals surface area contributed by atoms with Crippen molar-refractivity contribution in [3.63, 3.8) is 0 Å². The third kappa shape index (κ3) is 4.93. The molecule has 9 heteroatoms. The molecule has 0 bridgehead atoms. The fourth-order valence-corrected chi connectivity index (χ4v) is 3.92. The Hall–Kier alpha value is -2.78. The summed E-state index contributed by atoms with van der Waals surface area (Å²) < 4.78 is 5.20. The van der Waals surface area contributed by atoms with E-state index in [0.29, 0.717) is 16.3 Å². The molecule has 2 heterocycles. The first-order valence-corrected chi connectivity index (χ1v) is 10.2. The molecular formula is C19H17N3O4S2. The number of benzene rings is 1. The largest absolute Gasteiger partial charge is 0.452 e. The number of thioether (sulfide) groups is 1. The molecule has 0 spiro atoms. The monoisotopic (exact) mass is 415 g/mol. The van der Waals surface area contributed by atoms with Crippen molar-refractivity contribution in [3.8, 4) is 0 Å². The normalized spacial score (nSPS) is 11.8. The van der Waals surface area contributed by atoms with Crippen LogP contribution in [0.4, 0.5) is 5.69 Å². The number of ether oxygens (including phenoxy) is 1. The first-order chi connectivity index (χ1) is 13.4. The molecule has 0 aliphatic carbocycles. The summed E-state index contributed by atoms with van der Waals surface area (Å²) >= 11 is 2.74. The number of fused-ring (bicyclic) bond motifs is 1. The van der Waals surface area contributed by atoms with Gasteiger partial charge >= 0.3 is 5.97 Å². The molecule has 1 atom stereocenters. The number of Topliss-reactive ketones (excluding diaryl/α,β-unsaturated/α-hetero) is 1. The maximum atomic E-state index is 12.2. The van der Waals surface area contributed by atoms with Gasteiger partial charge in [-0.3, -0.25) is 14.4 Å². The Morgan fingerprint density at radius 2 is 2.07 bits per heavy atom. The number of anilines is 1. The lowest BCUT2D eigenvalue weighted by molar-refractivity contribution is -0.150. The number of rotatable bonds is 7. The highest BCUT2D eigenvalue weighted by molar-refractivity contribution is 8.00. The number of nitrogens with one attached hydrogen (secondary N) is 1. The Labute approximate surface area is 169 Å². The molecule has 144 valence electrons. The van der Waals surface area contributed by atoms with Crippen LogP contribution in [0.3, 0.4) is 0 Å². The van der Waals surface area contributed by atoms with E-state index < -0.39 is 18.0 Å². The molecule has 0 aliphatic heterocycles. The number of nitrogens with zero attached hydrogens (tertiary/aromatic N) is 2. The van der Waals surface area contributed by atoms with Gasteiger partial charge in [0.05, 0.1) is 5.75 Å². The van der Waals surface area contributed by atoms with Crippen LogP contribution in [-0.4, -0.2) is 39.5 Å². The van der Waals surface area contributed by atoms with Crippen molar-refractivity contribution < 1.29 is 19.1 Å². The van der Waals surface area contributed by atoms with Crippen LogP contribution in [0.25, 0.3) is 10.2 Å². The molecule has 7 nitrogen and oxygen atoms in total.